The first kappa shape index (κ1) is 16.5. The Kier molecular flexibility index (Phi) is 6.48. The van der Waals surface area contributed by atoms with Crippen molar-refractivity contribution in [1.29, 1.82) is 0 Å². The molecule has 2 amide bonds. The third kappa shape index (κ3) is 4.51. The van der Waals surface area contributed by atoms with Crippen LogP contribution in [0.4, 0.5) is 4.79 Å². The summed E-state index contributed by atoms with van der Waals surface area (Å²) in [6.07, 6.45) is 0. The van der Waals surface area contributed by atoms with Gasteiger partial charge in [-0.25, -0.2) is 4.79 Å². The molecule has 0 saturated carbocycles. The molecule has 20 heavy (non-hydrogen) atoms. The van der Waals surface area contributed by atoms with Crippen LogP contribution in [0, 0.1) is 13.8 Å². The standard InChI is InChI=1S/C15H24N2O3/c1-11-4-5-14(12(2)10-11)13(3)16-15(20)17(6-8-18)7-9-19/h4-5,10,13,18-19H,6-9H2,1-3H3,(H,16,20). The largest absolute Gasteiger partial charge is 0.395 e. The van der Waals surface area contributed by atoms with Gasteiger partial charge in [0.2, 0.25) is 0 Å². The van der Waals surface area contributed by atoms with Gasteiger partial charge in [-0.05, 0) is 31.9 Å². The number of hydrogen-bond acceptors (Lipinski definition) is 3. The van der Waals surface area contributed by atoms with Crippen LogP contribution in [0.3, 0.4) is 0 Å². The number of amides is 2. The van der Waals surface area contributed by atoms with E-state index < -0.39 is 0 Å². The second kappa shape index (κ2) is 7.87. The van der Waals surface area contributed by atoms with Gasteiger partial charge in [0.15, 0.2) is 0 Å². The first-order valence-electron chi connectivity index (χ1n) is 6.84. The van der Waals surface area contributed by atoms with E-state index in [1.54, 1.807) is 0 Å². The van der Waals surface area contributed by atoms with E-state index in [2.05, 4.69) is 11.4 Å². The van der Waals surface area contributed by atoms with E-state index in [1.807, 2.05) is 32.9 Å². The molecule has 0 aromatic heterocycles. The van der Waals surface area contributed by atoms with Gasteiger partial charge in [0.05, 0.1) is 19.3 Å². The predicted molar refractivity (Wildman–Crippen MR) is 78.6 cm³/mol. The Labute approximate surface area is 120 Å². The minimum atomic E-state index is -0.277. The van der Waals surface area contributed by atoms with Crippen molar-refractivity contribution in [3.05, 3.63) is 34.9 Å². The van der Waals surface area contributed by atoms with Gasteiger partial charge in [-0.2, -0.15) is 0 Å². The van der Waals surface area contributed by atoms with Crippen molar-refractivity contribution in [2.24, 2.45) is 0 Å². The molecule has 5 heteroatoms. The number of aliphatic hydroxyl groups is 2. The summed E-state index contributed by atoms with van der Waals surface area (Å²) >= 11 is 0. The zero-order valence-corrected chi connectivity index (χ0v) is 12.4. The molecular formula is C15H24N2O3. The molecule has 0 aliphatic carbocycles. The van der Waals surface area contributed by atoms with Crippen LogP contribution in [-0.4, -0.2) is 47.4 Å². The number of nitrogens with zero attached hydrogens (tertiary/aromatic N) is 1. The maximum atomic E-state index is 12.1. The zero-order chi connectivity index (χ0) is 15.1. The lowest BCUT2D eigenvalue weighted by Gasteiger charge is -2.24. The fourth-order valence-electron chi connectivity index (χ4n) is 2.22. The number of hydrogen-bond donors (Lipinski definition) is 3. The summed E-state index contributed by atoms with van der Waals surface area (Å²) in [5.41, 5.74) is 3.39. The molecule has 0 aliphatic heterocycles. The van der Waals surface area contributed by atoms with Gasteiger partial charge in [-0.1, -0.05) is 23.8 Å². The minimum Gasteiger partial charge on any atom is -0.395 e. The quantitative estimate of drug-likeness (QED) is 0.736. The third-order valence-corrected chi connectivity index (χ3v) is 3.26. The number of aryl methyl sites for hydroxylation is 2. The second-order valence-corrected chi connectivity index (χ2v) is 4.97. The Hall–Kier alpha value is -1.59. The lowest BCUT2D eigenvalue weighted by atomic mass is 10.0. The predicted octanol–water partition coefficient (Wildman–Crippen LogP) is 1.36. The van der Waals surface area contributed by atoms with E-state index in [9.17, 15) is 4.79 Å². The van der Waals surface area contributed by atoms with Crippen molar-refractivity contribution < 1.29 is 15.0 Å². The highest BCUT2D eigenvalue weighted by Crippen LogP contribution is 2.18. The summed E-state index contributed by atoms with van der Waals surface area (Å²) < 4.78 is 0. The highest BCUT2D eigenvalue weighted by atomic mass is 16.3. The smallest absolute Gasteiger partial charge is 0.318 e. The van der Waals surface area contributed by atoms with Crippen LogP contribution >= 0.6 is 0 Å². The Bertz CT molecular complexity index is 443. The molecule has 0 saturated heterocycles. The van der Waals surface area contributed by atoms with Crippen molar-refractivity contribution in [3.63, 3.8) is 0 Å². The molecule has 0 aliphatic rings. The number of carbonyl (C=O) groups excluding carboxylic acids is 1. The van der Waals surface area contributed by atoms with E-state index in [-0.39, 0.29) is 38.4 Å². The monoisotopic (exact) mass is 280 g/mol. The fraction of sp³-hybridized carbons (Fsp3) is 0.533. The second-order valence-electron chi connectivity index (χ2n) is 4.97. The van der Waals surface area contributed by atoms with Crippen LogP contribution in [0.2, 0.25) is 0 Å². The molecule has 3 N–H and O–H groups in total. The fourth-order valence-corrected chi connectivity index (χ4v) is 2.22. The van der Waals surface area contributed by atoms with Gasteiger partial charge in [-0.15, -0.1) is 0 Å². The van der Waals surface area contributed by atoms with Crippen molar-refractivity contribution in [3.8, 4) is 0 Å². The maximum Gasteiger partial charge on any atom is 0.318 e. The molecule has 0 radical (unpaired) electrons. The van der Waals surface area contributed by atoms with Gasteiger partial charge in [-0.3, -0.25) is 0 Å². The van der Waals surface area contributed by atoms with E-state index in [0.717, 1.165) is 11.1 Å². The molecule has 1 aromatic carbocycles. The molecule has 1 unspecified atom stereocenters. The summed E-state index contributed by atoms with van der Waals surface area (Å²) in [7, 11) is 0. The highest BCUT2D eigenvalue weighted by Gasteiger charge is 2.16. The summed E-state index contributed by atoms with van der Waals surface area (Å²) in [6.45, 7) is 6.16. The van der Waals surface area contributed by atoms with Gasteiger partial charge in [0.25, 0.3) is 0 Å². The molecule has 1 rings (SSSR count). The van der Waals surface area contributed by atoms with Gasteiger partial charge < -0.3 is 20.4 Å². The highest BCUT2D eigenvalue weighted by molar-refractivity contribution is 5.74. The first-order valence-corrected chi connectivity index (χ1v) is 6.84. The Morgan fingerprint density at radius 1 is 1.25 bits per heavy atom. The van der Waals surface area contributed by atoms with E-state index in [1.165, 1.54) is 10.5 Å². The molecule has 0 fully saturated rings. The van der Waals surface area contributed by atoms with Crippen LogP contribution in [-0.2, 0) is 0 Å². The summed E-state index contributed by atoms with van der Waals surface area (Å²) in [6, 6.07) is 5.71. The lowest BCUT2D eigenvalue weighted by molar-refractivity contribution is 0.156. The van der Waals surface area contributed by atoms with E-state index in [4.69, 9.17) is 10.2 Å². The van der Waals surface area contributed by atoms with Crippen LogP contribution in [0.15, 0.2) is 18.2 Å². The molecule has 5 nitrogen and oxygen atoms in total. The third-order valence-electron chi connectivity index (χ3n) is 3.26. The number of aliphatic hydroxyl groups excluding tert-OH is 2. The minimum absolute atomic E-state index is 0.120. The van der Waals surface area contributed by atoms with Gasteiger partial charge in [0.1, 0.15) is 0 Å². The average molecular weight is 280 g/mol. The summed E-state index contributed by atoms with van der Waals surface area (Å²) in [4.78, 5) is 13.5. The van der Waals surface area contributed by atoms with Crippen LogP contribution in [0.25, 0.3) is 0 Å². The molecule has 112 valence electrons. The van der Waals surface area contributed by atoms with E-state index >= 15 is 0 Å². The average Bonchev–Trinajstić information content (AvgIpc) is 2.38. The van der Waals surface area contributed by atoms with Crippen LogP contribution in [0.1, 0.15) is 29.7 Å². The van der Waals surface area contributed by atoms with Gasteiger partial charge >= 0.3 is 6.03 Å². The van der Waals surface area contributed by atoms with Crippen LogP contribution in [0.5, 0.6) is 0 Å². The molecule has 0 bridgehead atoms. The maximum absolute atomic E-state index is 12.1. The summed E-state index contributed by atoms with van der Waals surface area (Å²) in [5, 5.41) is 20.8. The van der Waals surface area contributed by atoms with Crippen molar-refractivity contribution >= 4 is 6.03 Å². The Morgan fingerprint density at radius 3 is 2.35 bits per heavy atom. The normalized spacial score (nSPS) is 12.1. The van der Waals surface area contributed by atoms with Crippen LogP contribution < -0.4 is 5.32 Å². The molecule has 1 aromatic rings. The first-order chi connectivity index (χ1) is 9.49. The SMILES string of the molecule is Cc1ccc(C(C)NC(=O)N(CCO)CCO)c(C)c1. The zero-order valence-electron chi connectivity index (χ0n) is 12.4. The Balaban J connectivity index is 2.72. The van der Waals surface area contributed by atoms with Crippen molar-refractivity contribution in [1.82, 2.24) is 10.2 Å². The number of nitrogens with one attached hydrogen (secondary N) is 1. The number of benzene rings is 1. The van der Waals surface area contributed by atoms with Crippen molar-refractivity contribution in [2.45, 2.75) is 26.8 Å². The van der Waals surface area contributed by atoms with Crippen molar-refractivity contribution in [2.75, 3.05) is 26.3 Å². The molecule has 1 atom stereocenters. The van der Waals surface area contributed by atoms with E-state index in [0.29, 0.717) is 0 Å². The molecular weight excluding hydrogens is 256 g/mol. The topological polar surface area (TPSA) is 72.8 Å². The van der Waals surface area contributed by atoms with Gasteiger partial charge in [0, 0.05) is 13.1 Å². The Morgan fingerprint density at radius 2 is 1.85 bits per heavy atom. The lowest BCUT2D eigenvalue weighted by Crippen LogP contribution is -2.43. The number of carbonyl (C=O) groups is 1. The summed E-state index contributed by atoms with van der Waals surface area (Å²) in [5.74, 6) is 0. The number of urea groups is 1. The molecule has 0 heterocycles. The number of rotatable bonds is 6. The molecule has 0 spiro atoms.